The molecule has 0 bridgehead atoms. The smallest absolute Gasteiger partial charge is 0.227 e. The van der Waals surface area contributed by atoms with E-state index in [2.05, 4.69) is 4.98 Å². The predicted octanol–water partition coefficient (Wildman–Crippen LogP) is 2.17. The molecule has 2 aliphatic rings. The van der Waals surface area contributed by atoms with E-state index < -0.39 is 0 Å². The quantitative estimate of drug-likeness (QED) is 0.927. The lowest BCUT2D eigenvalue weighted by molar-refractivity contribution is -0.133. The van der Waals surface area contributed by atoms with Crippen LogP contribution in [0.25, 0.3) is 0 Å². The number of aliphatic hydroxyl groups is 1. The Bertz CT molecular complexity index is 477. The molecule has 4 nitrogen and oxygen atoms in total. The molecule has 3 rings (SSSR count). The van der Waals surface area contributed by atoms with Crippen LogP contribution in [0.3, 0.4) is 0 Å². The molecule has 1 aromatic rings. The minimum absolute atomic E-state index is 0.196. The van der Waals surface area contributed by atoms with E-state index in [-0.39, 0.29) is 24.0 Å². The maximum absolute atomic E-state index is 12.6. The van der Waals surface area contributed by atoms with E-state index in [1.54, 1.807) is 12.4 Å². The van der Waals surface area contributed by atoms with Crippen molar-refractivity contribution in [3.63, 3.8) is 0 Å². The SMILES string of the molecule is O=C(Cc1ccncc1)N1CCC[C@@H]1[C@@H]1CCCC[C@H]1O. The lowest BCUT2D eigenvalue weighted by Crippen LogP contribution is -2.45. The summed E-state index contributed by atoms with van der Waals surface area (Å²) in [5.41, 5.74) is 1.02. The molecule has 114 valence electrons. The molecule has 0 spiro atoms. The number of hydrogen-bond acceptors (Lipinski definition) is 3. The fourth-order valence-electron chi connectivity index (χ4n) is 3.91. The Labute approximate surface area is 126 Å². The minimum atomic E-state index is -0.224. The number of aromatic nitrogens is 1. The highest BCUT2D eigenvalue weighted by Gasteiger charge is 2.38. The number of carbonyl (C=O) groups excluding carboxylic acids is 1. The van der Waals surface area contributed by atoms with Gasteiger partial charge in [-0.1, -0.05) is 12.8 Å². The molecular formula is C17H24N2O2. The van der Waals surface area contributed by atoms with Crippen molar-refractivity contribution in [3.8, 4) is 0 Å². The monoisotopic (exact) mass is 288 g/mol. The van der Waals surface area contributed by atoms with Crippen molar-refractivity contribution in [3.05, 3.63) is 30.1 Å². The van der Waals surface area contributed by atoms with E-state index in [0.29, 0.717) is 6.42 Å². The third-order valence-electron chi connectivity index (χ3n) is 5.00. The van der Waals surface area contributed by atoms with E-state index in [0.717, 1.165) is 44.2 Å². The highest BCUT2D eigenvalue weighted by atomic mass is 16.3. The second kappa shape index (κ2) is 6.56. The first-order chi connectivity index (χ1) is 10.3. The van der Waals surface area contributed by atoms with Crippen molar-refractivity contribution < 1.29 is 9.90 Å². The Morgan fingerprint density at radius 1 is 1.19 bits per heavy atom. The van der Waals surface area contributed by atoms with Crippen LogP contribution >= 0.6 is 0 Å². The molecule has 4 heteroatoms. The summed E-state index contributed by atoms with van der Waals surface area (Å²) in [7, 11) is 0. The standard InChI is InChI=1S/C17H24N2O2/c20-16-6-2-1-4-14(16)15-5-3-11-19(15)17(21)12-13-7-9-18-10-8-13/h7-10,14-16,20H,1-6,11-12H2/t14-,15+,16+/m0/s1. The first-order valence-electron chi connectivity index (χ1n) is 8.12. The molecule has 3 atom stereocenters. The van der Waals surface area contributed by atoms with Crippen LogP contribution in [0.1, 0.15) is 44.1 Å². The summed E-state index contributed by atoms with van der Waals surface area (Å²) in [6, 6.07) is 4.05. The van der Waals surface area contributed by atoms with Gasteiger partial charge in [-0.25, -0.2) is 0 Å². The molecule has 0 aromatic carbocycles. The van der Waals surface area contributed by atoms with Gasteiger partial charge in [0, 0.05) is 30.9 Å². The Balaban J connectivity index is 1.67. The number of carbonyl (C=O) groups is 1. The molecule has 1 amide bonds. The van der Waals surface area contributed by atoms with Gasteiger partial charge in [0.2, 0.25) is 5.91 Å². The second-order valence-corrected chi connectivity index (χ2v) is 6.34. The van der Waals surface area contributed by atoms with E-state index in [4.69, 9.17) is 0 Å². The van der Waals surface area contributed by atoms with Gasteiger partial charge in [0.05, 0.1) is 12.5 Å². The average molecular weight is 288 g/mol. The van der Waals surface area contributed by atoms with E-state index >= 15 is 0 Å². The van der Waals surface area contributed by atoms with Gasteiger partial charge in [0.1, 0.15) is 0 Å². The first-order valence-corrected chi connectivity index (χ1v) is 8.12. The fraction of sp³-hybridized carbons (Fsp3) is 0.647. The summed E-state index contributed by atoms with van der Waals surface area (Å²) in [5, 5.41) is 10.3. The second-order valence-electron chi connectivity index (χ2n) is 6.34. The van der Waals surface area contributed by atoms with Crippen molar-refractivity contribution >= 4 is 5.91 Å². The average Bonchev–Trinajstić information content (AvgIpc) is 2.98. The normalized spacial score (nSPS) is 29.6. The topological polar surface area (TPSA) is 53.4 Å². The van der Waals surface area contributed by atoms with E-state index in [9.17, 15) is 9.90 Å². The third-order valence-corrected chi connectivity index (χ3v) is 5.00. The number of rotatable bonds is 3. The maximum Gasteiger partial charge on any atom is 0.227 e. The van der Waals surface area contributed by atoms with Gasteiger partial charge in [0.15, 0.2) is 0 Å². The molecule has 2 heterocycles. The molecule has 1 aliphatic carbocycles. The molecule has 1 aromatic heterocycles. The summed E-state index contributed by atoms with van der Waals surface area (Å²) in [4.78, 5) is 18.6. The molecule has 21 heavy (non-hydrogen) atoms. The van der Waals surface area contributed by atoms with Crippen LogP contribution in [0, 0.1) is 5.92 Å². The zero-order chi connectivity index (χ0) is 14.7. The Morgan fingerprint density at radius 3 is 2.71 bits per heavy atom. The lowest BCUT2D eigenvalue weighted by atomic mass is 9.80. The Kier molecular flexibility index (Phi) is 4.54. The molecule has 1 saturated carbocycles. The van der Waals surface area contributed by atoms with Crippen molar-refractivity contribution in [2.45, 2.75) is 57.1 Å². The molecular weight excluding hydrogens is 264 g/mol. The lowest BCUT2D eigenvalue weighted by Gasteiger charge is -2.37. The van der Waals surface area contributed by atoms with Crippen molar-refractivity contribution in [2.75, 3.05) is 6.54 Å². The minimum Gasteiger partial charge on any atom is -0.393 e. The number of pyridine rings is 1. The molecule has 1 N–H and O–H groups in total. The van der Waals surface area contributed by atoms with E-state index in [1.165, 1.54) is 6.42 Å². The fourth-order valence-corrected chi connectivity index (χ4v) is 3.91. The highest BCUT2D eigenvalue weighted by Crippen LogP contribution is 2.34. The summed E-state index contributed by atoms with van der Waals surface area (Å²) < 4.78 is 0. The van der Waals surface area contributed by atoms with Crippen LogP contribution in [0.4, 0.5) is 0 Å². The van der Waals surface area contributed by atoms with Gasteiger partial charge in [-0.15, -0.1) is 0 Å². The van der Waals surface area contributed by atoms with Gasteiger partial charge < -0.3 is 10.0 Å². The van der Waals surface area contributed by atoms with Crippen LogP contribution in [-0.4, -0.2) is 39.6 Å². The first kappa shape index (κ1) is 14.5. The summed E-state index contributed by atoms with van der Waals surface area (Å²) >= 11 is 0. The summed E-state index contributed by atoms with van der Waals surface area (Å²) in [6.07, 6.45) is 10.1. The number of aliphatic hydroxyl groups excluding tert-OH is 1. The van der Waals surface area contributed by atoms with Crippen molar-refractivity contribution in [1.82, 2.24) is 9.88 Å². The predicted molar refractivity (Wildman–Crippen MR) is 80.6 cm³/mol. The maximum atomic E-state index is 12.6. The van der Waals surface area contributed by atoms with Crippen LogP contribution < -0.4 is 0 Å². The number of likely N-dealkylation sites (tertiary alicyclic amines) is 1. The third kappa shape index (κ3) is 3.26. The number of hydrogen-bond donors (Lipinski definition) is 1. The molecule has 1 saturated heterocycles. The largest absolute Gasteiger partial charge is 0.393 e. The zero-order valence-corrected chi connectivity index (χ0v) is 12.4. The van der Waals surface area contributed by atoms with Crippen LogP contribution in [0.2, 0.25) is 0 Å². The molecule has 2 fully saturated rings. The van der Waals surface area contributed by atoms with Gasteiger partial charge in [0.25, 0.3) is 0 Å². The number of nitrogens with zero attached hydrogens (tertiary/aromatic N) is 2. The van der Waals surface area contributed by atoms with Crippen LogP contribution in [0.15, 0.2) is 24.5 Å². The Morgan fingerprint density at radius 2 is 1.95 bits per heavy atom. The highest BCUT2D eigenvalue weighted by molar-refractivity contribution is 5.79. The molecule has 1 aliphatic heterocycles. The van der Waals surface area contributed by atoms with Crippen LogP contribution in [-0.2, 0) is 11.2 Å². The van der Waals surface area contributed by atoms with Gasteiger partial charge in [-0.3, -0.25) is 9.78 Å². The summed E-state index contributed by atoms with van der Waals surface area (Å²) in [5.74, 6) is 0.476. The van der Waals surface area contributed by atoms with Gasteiger partial charge in [-0.05, 0) is 43.4 Å². The molecule has 0 radical (unpaired) electrons. The number of amides is 1. The van der Waals surface area contributed by atoms with E-state index in [1.807, 2.05) is 17.0 Å². The van der Waals surface area contributed by atoms with Crippen LogP contribution in [0.5, 0.6) is 0 Å². The zero-order valence-electron chi connectivity index (χ0n) is 12.4. The Hall–Kier alpha value is -1.42. The van der Waals surface area contributed by atoms with Crippen molar-refractivity contribution in [2.24, 2.45) is 5.92 Å². The molecule has 0 unspecified atom stereocenters. The summed E-state index contributed by atoms with van der Waals surface area (Å²) in [6.45, 7) is 0.845. The van der Waals surface area contributed by atoms with Gasteiger partial charge >= 0.3 is 0 Å². The van der Waals surface area contributed by atoms with Gasteiger partial charge in [-0.2, -0.15) is 0 Å². The van der Waals surface area contributed by atoms with Crippen molar-refractivity contribution in [1.29, 1.82) is 0 Å².